The lowest BCUT2D eigenvalue weighted by molar-refractivity contribution is 0.0884. The van der Waals surface area contributed by atoms with Crippen LogP contribution in [0.3, 0.4) is 0 Å². The summed E-state index contributed by atoms with van der Waals surface area (Å²) >= 11 is 0. The minimum Gasteiger partial charge on any atom is -0.508 e. The van der Waals surface area contributed by atoms with Crippen molar-refractivity contribution >= 4 is 0 Å². The van der Waals surface area contributed by atoms with E-state index in [0.717, 1.165) is 26.2 Å². The van der Waals surface area contributed by atoms with Crippen molar-refractivity contribution in [2.24, 2.45) is 0 Å². The second kappa shape index (κ2) is 5.52. The number of rotatable bonds is 3. The van der Waals surface area contributed by atoms with Crippen LogP contribution in [0.5, 0.6) is 5.75 Å². The Morgan fingerprint density at radius 3 is 2.59 bits per heavy atom. The molecular weight excluding hydrogens is 212 g/mol. The SMILES string of the molecule is CCC1CN(Cc2ccc(O)cc2)CCN1C. The Kier molecular flexibility index (Phi) is 4.02. The minimum atomic E-state index is 0.346. The Morgan fingerprint density at radius 2 is 1.94 bits per heavy atom. The van der Waals surface area contributed by atoms with Gasteiger partial charge in [0.25, 0.3) is 0 Å². The van der Waals surface area contributed by atoms with Crippen molar-refractivity contribution in [2.45, 2.75) is 25.9 Å². The third-order valence-corrected chi connectivity index (χ3v) is 3.67. The highest BCUT2D eigenvalue weighted by Crippen LogP contribution is 2.15. The van der Waals surface area contributed by atoms with Crippen molar-refractivity contribution in [3.8, 4) is 5.75 Å². The van der Waals surface area contributed by atoms with Crippen LogP contribution in [0.15, 0.2) is 24.3 Å². The maximum Gasteiger partial charge on any atom is 0.115 e. The van der Waals surface area contributed by atoms with Gasteiger partial charge in [-0.1, -0.05) is 19.1 Å². The first-order valence-electron chi connectivity index (χ1n) is 6.39. The van der Waals surface area contributed by atoms with E-state index < -0.39 is 0 Å². The molecular formula is C14H22N2O. The Bertz CT molecular complexity index is 350. The molecule has 0 saturated carbocycles. The molecule has 0 aliphatic carbocycles. The van der Waals surface area contributed by atoms with Crippen molar-refractivity contribution in [2.75, 3.05) is 26.7 Å². The lowest BCUT2D eigenvalue weighted by Crippen LogP contribution is -2.50. The Morgan fingerprint density at radius 1 is 1.24 bits per heavy atom. The van der Waals surface area contributed by atoms with Crippen molar-refractivity contribution in [1.82, 2.24) is 9.80 Å². The maximum absolute atomic E-state index is 9.26. The summed E-state index contributed by atoms with van der Waals surface area (Å²) in [4.78, 5) is 4.95. The molecule has 3 nitrogen and oxygen atoms in total. The van der Waals surface area contributed by atoms with Gasteiger partial charge in [0.15, 0.2) is 0 Å². The van der Waals surface area contributed by atoms with Gasteiger partial charge in [-0.3, -0.25) is 4.90 Å². The summed E-state index contributed by atoms with van der Waals surface area (Å²) in [6, 6.07) is 8.23. The fourth-order valence-electron chi connectivity index (χ4n) is 2.45. The van der Waals surface area contributed by atoms with Crippen molar-refractivity contribution < 1.29 is 5.11 Å². The van der Waals surface area contributed by atoms with Crippen LogP contribution in [0.2, 0.25) is 0 Å². The zero-order chi connectivity index (χ0) is 12.3. The molecule has 3 heteroatoms. The lowest BCUT2D eigenvalue weighted by atomic mass is 10.1. The molecule has 2 rings (SSSR count). The van der Waals surface area contributed by atoms with Crippen LogP contribution in [-0.2, 0) is 6.54 Å². The molecule has 1 saturated heterocycles. The summed E-state index contributed by atoms with van der Waals surface area (Å²) in [7, 11) is 2.21. The molecule has 0 radical (unpaired) electrons. The van der Waals surface area contributed by atoms with E-state index in [1.54, 1.807) is 12.1 Å². The van der Waals surface area contributed by atoms with E-state index in [4.69, 9.17) is 0 Å². The van der Waals surface area contributed by atoms with Crippen LogP contribution in [0.4, 0.5) is 0 Å². The Balaban J connectivity index is 1.93. The monoisotopic (exact) mass is 234 g/mol. The molecule has 1 aliphatic rings. The van der Waals surface area contributed by atoms with Crippen LogP contribution in [0.1, 0.15) is 18.9 Å². The van der Waals surface area contributed by atoms with Crippen molar-refractivity contribution in [3.63, 3.8) is 0 Å². The average Bonchev–Trinajstić information content (AvgIpc) is 2.34. The smallest absolute Gasteiger partial charge is 0.115 e. The van der Waals surface area contributed by atoms with E-state index in [-0.39, 0.29) is 0 Å². The largest absolute Gasteiger partial charge is 0.508 e. The topological polar surface area (TPSA) is 26.7 Å². The lowest BCUT2D eigenvalue weighted by Gasteiger charge is -2.39. The number of aromatic hydroxyl groups is 1. The molecule has 0 bridgehead atoms. The van der Waals surface area contributed by atoms with E-state index in [1.807, 2.05) is 12.1 Å². The number of piperazine rings is 1. The molecule has 1 fully saturated rings. The van der Waals surface area contributed by atoms with Crippen molar-refractivity contribution in [3.05, 3.63) is 29.8 Å². The maximum atomic E-state index is 9.26. The first kappa shape index (κ1) is 12.4. The van der Waals surface area contributed by atoms with Gasteiger partial charge in [0.1, 0.15) is 5.75 Å². The van der Waals surface area contributed by atoms with Crippen LogP contribution in [-0.4, -0.2) is 47.6 Å². The predicted octanol–water partition coefficient (Wildman–Crippen LogP) is 1.92. The molecule has 0 amide bonds. The molecule has 0 spiro atoms. The van der Waals surface area contributed by atoms with Gasteiger partial charge in [0.05, 0.1) is 0 Å². The number of phenolic OH excluding ortho intramolecular Hbond substituents is 1. The molecule has 1 atom stereocenters. The number of hydrogen-bond acceptors (Lipinski definition) is 3. The summed E-state index contributed by atoms with van der Waals surface area (Å²) in [6.45, 7) is 6.67. The first-order chi connectivity index (χ1) is 8.19. The van der Waals surface area contributed by atoms with Gasteiger partial charge in [0.2, 0.25) is 0 Å². The molecule has 1 N–H and O–H groups in total. The standard InChI is InChI=1S/C14H22N2O/c1-3-13-11-16(9-8-15(13)2)10-12-4-6-14(17)7-5-12/h4-7,13,17H,3,8-11H2,1-2H3. The molecule has 1 unspecified atom stereocenters. The zero-order valence-electron chi connectivity index (χ0n) is 10.8. The molecule has 1 aromatic rings. The molecule has 1 heterocycles. The molecule has 17 heavy (non-hydrogen) atoms. The third kappa shape index (κ3) is 3.20. The van der Waals surface area contributed by atoms with Gasteiger partial charge in [0, 0.05) is 32.2 Å². The van der Waals surface area contributed by atoms with Gasteiger partial charge in [-0.05, 0) is 31.2 Å². The summed E-state index contributed by atoms with van der Waals surface area (Å²) in [5.41, 5.74) is 1.28. The number of nitrogens with zero attached hydrogens (tertiary/aromatic N) is 2. The third-order valence-electron chi connectivity index (χ3n) is 3.67. The van der Waals surface area contributed by atoms with Crippen LogP contribution >= 0.6 is 0 Å². The van der Waals surface area contributed by atoms with Gasteiger partial charge in [-0.25, -0.2) is 0 Å². The predicted molar refractivity (Wildman–Crippen MR) is 70.1 cm³/mol. The Labute approximate surface area is 104 Å². The second-order valence-corrected chi connectivity index (χ2v) is 4.94. The Hall–Kier alpha value is -1.06. The van der Waals surface area contributed by atoms with Gasteiger partial charge >= 0.3 is 0 Å². The van der Waals surface area contributed by atoms with E-state index in [1.165, 1.54) is 12.0 Å². The number of benzene rings is 1. The minimum absolute atomic E-state index is 0.346. The number of likely N-dealkylation sites (N-methyl/N-ethyl adjacent to an activating group) is 1. The fourth-order valence-corrected chi connectivity index (χ4v) is 2.45. The first-order valence-corrected chi connectivity index (χ1v) is 6.39. The van der Waals surface area contributed by atoms with Crippen LogP contribution in [0, 0.1) is 0 Å². The van der Waals surface area contributed by atoms with Gasteiger partial charge < -0.3 is 10.0 Å². The average molecular weight is 234 g/mol. The quantitative estimate of drug-likeness (QED) is 0.865. The normalized spacial score (nSPS) is 22.8. The molecule has 0 aromatic heterocycles. The molecule has 1 aliphatic heterocycles. The zero-order valence-corrected chi connectivity index (χ0v) is 10.8. The van der Waals surface area contributed by atoms with Crippen molar-refractivity contribution in [1.29, 1.82) is 0 Å². The summed E-state index contributed by atoms with van der Waals surface area (Å²) in [5.74, 6) is 0.346. The highest BCUT2D eigenvalue weighted by atomic mass is 16.3. The fraction of sp³-hybridized carbons (Fsp3) is 0.571. The van der Waals surface area contributed by atoms with Gasteiger partial charge in [-0.2, -0.15) is 0 Å². The number of hydrogen-bond donors (Lipinski definition) is 1. The van der Waals surface area contributed by atoms with E-state index >= 15 is 0 Å². The van der Waals surface area contributed by atoms with E-state index in [9.17, 15) is 5.11 Å². The molecule has 94 valence electrons. The molecule has 1 aromatic carbocycles. The highest BCUT2D eigenvalue weighted by Gasteiger charge is 2.22. The summed E-state index contributed by atoms with van der Waals surface area (Å²) < 4.78 is 0. The van der Waals surface area contributed by atoms with Crippen LogP contribution < -0.4 is 0 Å². The number of phenols is 1. The summed E-state index contributed by atoms with van der Waals surface area (Å²) in [5, 5.41) is 9.26. The van der Waals surface area contributed by atoms with E-state index in [0.29, 0.717) is 11.8 Å². The second-order valence-electron chi connectivity index (χ2n) is 4.94. The summed E-state index contributed by atoms with van der Waals surface area (Å²) in [6.07, 6.45) is 1.21. The highest BCUT2D eigenvalue weighted by molar-refractivity contribution is 5.25. The van der Waals surface area contributed by atoms with Gasteiger partial charge in [-0.15, -0.1) is 0 Å². The van der Waals surface area contributed by atoms with E-state index in [2.05, 4.69) is 23.8 Å². The van der Waals surface area contributed by atoms with Crippen LogP contribution in [0.25, 0.3) is 0 Å².